The van der Waals surface area contributed by atoms with Crippen LogP contribution in [0.1, 0.15) is 19.3 Å². The molecule has 1 aliphatic carbocycles. The third kappa shape index (κ3) is 1.81. The number of nitriles is 1. The van der Waals surface area contributed by atoms with Crippen molar-refractivity contribution in [3.05, 3.63) is 11.6 Å². The summed E-state index contributed by atoms with van der Waals surface area (Å²) < 4.78 is 0. The maximum atomic E-state index is 10.2. The fourth-order valence-electron chi connectivity index (χ4n) is 1.35. The van der Waals surface area contributed by atoms with Gasteiger partial charge in [0.15, 0.2) is 0 Å². The standard InChI is InChI=1S/C8H9NO2/c9-5-7-3-1-2-6(7)4-8(10)11/h4,7H,1-3H2,(H,10,11). The molecule has 0 aromatic carbocycles. The Labute approximate surface area is 64.9 Å². The zero-order valence-electron chi connectivity index (χ0n) is 6.08. The third-order valence-corrected chi connectivity index (χ3v) is 1.87. The maximum absolute atomic E-state index is 10.2. The van der Waals surface area contributed by atoms with Gasteiger partial charge in [-0.15, -0.1) is 0 Å². The second kappa shape index (κ2) is 3.20. The van der Waals surface area contributed by atoms with Crippen LogP contribution in [0.4, 0.5) is 0 Å². The Balaban J connectivity index is 2.72. The molecule has 0 aliphatic heterocycles. The number of carboxylic acid groups (broad SMARTS) is 1. The molecule has 1 N–H and O–H groups in total. The first-order chi connectivity index (χ1) is 5.24. The van der Waals surface area contributed by atoms with Crippen molar-refractivity contribution in [1.29, 1.82) is 5.26 Å². The number of nitrogens with zero attached hydrogens (tertiary/aromatic N) is 1. The maximum Gasteiger partial charge on any atom is 0.328 e. The lowest BCUT2D eigenvalue weighted by Gasteiger charge is -1.97. The number of carboxylic acids is 1. The van der Waals surface area contributed by atoms with E-state index in [0.717, 1.165) is 24.8 Å². The SMILES string of the molecule is N#CC1CCCC1=CC(=O)O. The van der Waals surface area contributed by atoms with Crippen molar-refractivity contribution in [2.75, 3.05) is 0 Å². The smallest absolute Gasteiger partial charge is 0.328 e. The van der Waals surface area contributed by atoms with Crippen LogP contribution in [0.5, 0.6) is 0 Å². The summed E-state index contributed by atoms with van der Waals surface area (Å²) in [6.07, 6.45) is 3.69. The monoisotopic (exact) mass is 151 g/mol. The van der Waals surface area contributed by atoms with E-state index in [2.05, 4.69) is 6.07 Å². The molecule has 3 heteroatoms. The van der Waals surface area contributed by atoms with Gasteiger partial charge in [-0.1, -0.05) is 0 Å². The predicted molar refractivity (Wildman–Crippen MR) is 38.7 cm³/mol. The van der Waals surface area contributed by atoms with E-state index in [9.17, 15) is 4.79 Å². The van der Waals surface area contributed by atoms with Crippen LogP contribution in [0.25, 0.3) is 0 Å². The van der Waals surface area contributed by atoms with Gasteiger partial charge in [0.05, 0.1) is 12.0 Å². The average Bonchev–Trinajstić information content (AvgIpc) is 2.34. The molecule has 1 fully saturated rings. The Kier molecular flexibility index (Phi) is 2.27. The lowest BCUT2D eigenvalue weighted by Crippen LogP contribution is -1.96. The summed E-state index contributed by atoms with van der Waals surface area (Å²) in [7, 11) is 0. The van der Waals surface area contributed by atoms with Gasteiger partial charge >= 0.3 is 5.97 Å². The Hall–Kier alpha value is -1.30. The molecule has 0 spiro atoms. The van der Waals surface area contributed by atoms with Crippen LogP contribution in [0.15, 0.2) is 11.6 Å². The molecule has 0 aromatic heterocycles. The van der Waals surface area contributed by atoms with Gasteiger partial charge in [0.25, 0.3) is 0 Å². The van der Waals surface area contributed by atoms with Gasteiger partial charge in [0.2, 0.25) is 0 Å². The Morgan fingerprint density at radius 1 is 1.82 bits per heavy atom. The van der Waals surface area contributed by atoms with Gasteiger partial charge in [0.1, 0.15) is 0 Å². The second-order valence-electron chi connectivity index (χ2n) is 2.63. The molecule has 1 unspecified atom stereocenters. The van der Waals surface area contributed by atoms with Gasteiger partial charge < -0.3 is 5.11 Å². The molecule has 0 amide bonds. The number of carbonyl (C=O) groups is 1. The van der Waals surface area contributed by atoms with Gasteiger partial charge in [-0.3, -0.25) is 0 Å². The highest BCUT2D eigenvalue weighted by atomic mass is 16.4. The fourth-order valence-corrected chi connectivity index (χ4v) is 1.35. The topological polar surface area (TPSA) is 61.1 Å². The van der Waals surface area contributed by atoms with Crippen LogP contribution < -0.4 is 0 Å². The number of hydrogen-bond acceptors (Lipinski definition) is 2. The molecule has 1 rings (SSSR count). The number of allylic oxidation sites excluding steroid dienone is 1. The molecule has 0 aromatic rings. The first-order valence-corrected chi connectivity index (χ1v) is 3.57. The lowest BCUT2D eigenvalue weighted by atomic mass is 10.0. The van der Waals surface area contributed by atoms with Crippen molar-refractivity contribution in [2.45, 2.75) is 19.3 Å². The number of hydrogen-bond donors (Lipinski definition) is 1. The summed E-state index contributed by atoms with van der Waals surface area (Å²) in [5.41, 5.74) is 0.778. The van der Waals surface area contributed by atoms with Crippen LogP contribution in [-0.2, 0) is 4.79 Å². The minimum absolute atomic E-state index is 0.147. The normalized spacial score (nSPS) is 26.8. The lowest BCUT2D eigenvalue weighted by molar-refractivity contribution is -0.131. The van der Waals surface area contributed by atoms with Crippen molar-refractivity contribution in [3.63, 3.8) is 0 Å². The Morgan fingerprint density at radius 3 is 3.09 bits per heavy atom. The summed E-state index contributed by atoms with van der Waals surface area (Å²) >= 11 is 0. The highest BCUT2D eigenvalue weighted by Gasteiger charge is 2.20. The van der Waals surface area contributed by atoms with E-state index >= 15 is 0 Å². The minimum atomic E-state index is -0.942. The van der Waals surface area contributed by atoms with Gasteiger partial charge in [-0.05, 0) is 24.8 Å². The van der Waals surface area contributed by atoms with E-state index in [1.54, 1.807) is 0 Å². The van der Waals surface area contributed by atoms with E-state index < -0.39 is 5.97 Å². The van der Waals surface area contributed by atoms with Crippen molar-refractivity contribution in [2.24, 2.45) is 5.92 Å². The summed E-state index contributed by atoms with van der Waals surface area (Å²) in [6, 6.07) is 2.09. The molecule has 11 heavy (non-hydrogen) atoms. The molecule has 0 heterocycles. The molecular formula is C8H9NO2. The van der Waals surface area contributed by atoms with E-state index in [-0.39, 0.29) is 5.92 Å². The minimum Gasteiger partial charge on any atom is -0.478 e. The Bertz CT molecular complexity index is 237. The van der Waals surface area contributed by atoms with E-state index in [1.165, 1.54) is 6.08 Å². The second-order valence-corrected chi connectivity index (χ2v) is 2.63. The summed E-state index contributed by atoms with van der Waals surface area (Å²) in [5.74, 6) is -1.09. The zero-order valence-corrected chi connectivity index (χ0v) is 6.08. The molecular weight excluding hydrogens is 142 g/mol. The number of rotatable bonds is 1. The zero-order chi connectivity index (χ0) is 8.27. The third-order valence-electron chi connectivity index (χ3n) is 1.87. The molecule has 3 nitrogen and oxygen atoms in total. The summed E-state index contributed by atoms with van der Waals surface area (Å²) in [6.45, 7) is 0. The van der Waals surface area contributed by atoms with Crippen LogP contribution in [0.3, 0.4) is 0 Å². The quantitative estimate of drug-likeness (QED) is 0.575. The van der Waals surface area contributed by atoms with Gasteiger partial charge in [0, 0.05) is 6.08 Å². The van der Waals surface area contributed by atoms with Crippen molar-refractivity contribution < 1.29 is 9.90 Å². The fraction of sp³-hybridized carbons (Fsp3) is 0.500. The van der Waals surface area contributed by atoms with Crippen LogP contribution >= 0.6 is 0 Å². The molecule has 0 bridgehead atoms. The molecule has 0 radical (unpaired) electrons. The predicted octanol–water partition coefficient (Wildman–Crippen LogP) is 1.32. The highest BCUT2D eigenvalue weighted by molar-refractivity contribution is 5.81. The summed E-state index contributed by atoms with van der Waals surface area (Å²) in [5, 5.41) is 17.0. The van der Waals surface area contributed by atoms with Gasteiger partial charge in [-0.2, -0.15) is 5.26 Å². The molecule has 1 aliphatic rings. The summed E-state index contributed by atoms with van der Waals surface area (Å²) in [4.78, 5) is 10.2. The average molecular weight is 151 g/mol. The van der Waals surface area contributed by atoms with E-state index in [4.69, 9.17) is 10.4 Å². The van der Waals surface area contributed by atoms with Crippen molar-refractivity contribution in [1.82, 2.24) is 0 Å². The van der Waals surface area contributed by atoms with E-state index in [1.807, 2.05) is 0 Å². The van der Waals surface area contributed by atoms with E-state index in [0.29, 0.717) is 0 Å². The highest BCUT2D eigenvalue weighted by Crippen LogP contribution is 2.29. The molecule has 0 saturated heterocycles. The largest absolute Gasteiger partial charge is 0.478 e. The van der Waals surface area contributed by atoms with Gasteiger partial charge in [-0.25, -0.2) is 4.79 Å². The molecule has 1 atom stereocenters. The van der Waals surface area contributed by atoms with Crippen molar-refractivity contribution in [3.8, 4) is 6.07 Å². The molecule has 58 valence electrons. The van der Waals surface area contributed by atoms with Crippen LogP contribution in [0, 0.1) is 17.2 Å². The van der Waals surface area contributed by atoms with Crippen LogP contribution in [0.2, 0.25) is 0 Å². The van der Waals surface area contributed by atoms with Crippen molar-refractivity contribution >= 4 is 5.97 Å². The van der Waals surface area contributed by atoms with Crippen LogP contribution in [-0.4, -0.2) is 11.1 Å². The molecule has 1 saturated carbocycles. The first kappa shape index (κ1) is 7.80. The number of aliphatic carboxylic acids is 1. The Morgan fingerprint density at radius 2 is 2.55 bits per heavy atom. The first-order valence-electron chi connectivity index (χ1n) is 3.57.